The number of piperidine rings is 1. The summed E-state index contributed by atoms with van der Waals surface area (Å²) in [6, 6.07) is 0. The van der Waals surface area contributed by atoms with Crippen molar-refractivity contribution in [1.82, 2.24) is 5.32 Å². The fraction of sp³-hybridized carbons (Fsp3) is 0.769. The summed E-state index contributed by atoms with van der Waals surface area (Å²) in [4.78, 5) is 34.7. The average molecular weight is 271 g/mol. The van der Waals surface area contributed by atoms with Crippen molar-refractivity contribution in [2.24, 2.45) is 5.92 Å². The summed E-state index contributed by atoms with van der Waals surface area (Å²) in [5, 5.41) is 2.64. The molecule has 1 N–H and O–H groups in total. The van der Waals surface area contributed by atoms with E-state index in [2.05, 4.69) is 5.32 Å². The summed E-state index contributed by atoms with van der Waals surface area (Å²) in [6.45, 7) is 7.15. The first kappa shape index (κ1) is 15.5. The maximum absolute atomic E-state index is 11.8. The predicted molar refractivity (Wildman–Crippen MR) is 67.1 cm³/mol. The first-order valence-electron chi connectivity index (χ1n) is 6.39. The third kappa shape index (κ3) is 5.28. The van der Waals surface area contributed by atoms with Crippen LogP contribution < -0.4 is 5.32 Å². The molecule has 1 aliphatic heterocycles. The van der Waals surface area contributed by atoms with Crippen molar-refractivity contribution < 1.29 is 23.9 Å². The maximum Gasteiger partial charge on any atom is 0.347 e. The Hall–Kier alpha value is -1.59. The summed E-state index contributed by atoms with van der Waals surface area (Å²) in [5.41, 5.74) is -0.623. The van der Waals surface area contributed by atoms with Gasteiger partial charge in [-0.15, -0.1) is 0 Å². The molecule has 0 aromatic carbocycles. The van der Waals surface area contributed by atoms with E-state index in [0.29, 0.717) is 13.0 Å². The van der Waals surface area contributed by atoms with Crippen LogP contribution in [0.4, 0.5) is 0 Å². The molecule has 108 valence electrons. The second-order valence-electron chi connectivity index (χ2n) is 5.65. The van der Waals surface area contributed by atoms with Crippen molar-refractivity contribution in [3.63, 3.8) is 0 Å². The first-order valence-corrected chi connectivity index (χ1v) is 6.39. The normalized spacial score (nSPS) is 21.3. The van der Waals surface area contributed by atoms with E-state index in [0.717, 1.165) is 0 Å². The molecule has 1 rings (SSSR count). The molecule has 0 aromatic heterocycles. The van der Waals surface area contributed by atoms with E-state index < -0.39 is 29.6 Å². The highest BCUT2D eigenvalue weighted by Crippen LogP contribution is 2.16. The van der Waals surface area contributed by atoms with Crippen molar-refractivity contribution in [2.45, 2.75) is 52.2 Å². The van der Waals surface area contributed by atoms with E-state index in [1.165, 1.54) is 6.92 Å². The zero-order valence-electron chi connectivity index (χ0n) is 11.8. The van der Waals surface area contributed by atoms with Crippen LogP contribution in [-0.4, -0.2) is 36.1 Å². The SMILES string of the molecule is CC(OC(=O)C1CCNC(=O)C1)C(=O)OC(C)(C)C. The maximum atomic E-state index is 11.8. The molecule has 6 heteroatoms. The second kappa shape index (κ2) is 6.04. The molecular formula is C13H21NO5. The van der Waals surface area contributed by atoms with E-state index in [4.69, 9.17) is 9.47 Å². The predicted octanol–water partition coefficient (Wildman–Crippen LogP) is 0.786. The molecule has 1 saturated heterocycles. The van der Waals surface area contributed by atoms with Crippen LogP contribution in [0.15, 0.2) is 0 Å². The Bertz CT molecular complexity index is 372. The lowest BCUT2D eigenvalue weighted by atomic mass is 9.98. The largest absolute Gasteiger partial charge is 0.457 e. The third-order valence-electron chi connectivity index (χ3n) is 2.61. The quantitative estimate of drug-likeness (QED) is 0.767. The molecule has 0 bridgehead atoms. The Morgan fingerprint density at radius 3 is 2.53 bits per heavy atom. The van der Waals surface area contributed by atoms with Gasteiger partial charge in [0.15, 0.2) is 6.10 Å². The van der Waals surface area contributed by atoms with Crippen LogP contribution in [0.1, 0.15) is 40.5 Å². The van der Waals surface area contributed by atoms with Crippen molar-refractivity contribution in [1.29, 1.82) is 0 Å². The van der Waals surface area contributed by atoms with Gasteiger partial charge < -0.3 is 14.8 Å². The van der Waals surface area contributed by atoms with Gasteiger partial charge in [0.05, 0.1) is 5.92 Å². The minimum atomic E-state index is -0.961. The Morgan fingerprint density at radius 2 is 2.00 bits per heavy atom. The molecule has 19 heavy (non-hydrogen) atoms. The molecule has 2 unspecified atom stereocenters. The van der Waals surface area contributed by atoms with Gasteiger partial charge in [-0.25, -0.2) is 4.79 Å². The van der Waals surface area contributed by atoms with Crippen LogP contribution in [0, 0.1) is 5.92 Å². The highest BCUT2D eigenvalue weighted by atomic mass is 16.6. The molecule has 0 saturated carbocycles. The third-order valence-corrected chi connectivity index (χ3v) is 2.61. The van der Waals surface area contributed by atoms with Crippen LogP contribution in [-0.2, 0) is 23.9 Å². The topological polar surface area (TPSA) is 81.7 Å². The van der Waals surface area contributed by atoms with Gasteiger partial charge in [0, 0.05) is 13.0 Å². The lowest BCUT2D eigenvalue weighted by Gasteiger charge is -2.24. The number of amides is 1. The lowest BCUT2D eigenvalue weighted by Crippen LogP contribution is -2.39. The van der Waals surface area contributed by atoms with Gasteiger partial charge in [0.25, 0.3) is 0 Å². The van der Waals surface area contributed by atoms with Gasteiger partial charge in [-0.3, -0.25) is 9.59 Å². The Kier molecular flexibility index (Phi) is 4.91. The van der Waals surface area contributed by atoms with Gasteiger partial charge in [-0.2, -0.15) is 0 Å². The zero-order chi connectivity index (χ0) is 14.6. The number of hydrogen-bond donors (Lipinski definition) is 1. The van der Waals surface area contributed by atoms with Gasteiger partial charge in [-0.05, 0) is 34.1 Å². The van der Waals surface area contributed by atoms with Crippen molar-refractivity contribution in [3.8, 4) is 0 Å². The van der Waals surface area contributed by atoms with E-state index in [9.17, 15) is 14.4 Å². The minimum Gasteiger partial charge on any atom is -0.457 e. The van der Waals surface area contributed by atoms with Gasteiger partial charge in [0.2, 0.25) is 5.91 Å². The van der Waals surface area contributed by atoms with Crippen LogP contribution >= 0.6 is 0 Å². The molecule has 0 aromatic rings. The van der Waals surface area contributed by atoms with Crippen LogP contribution in [0.25, 0.3) is 0 Å². The summed E-state index contributed by atoms with van der Waals surface area (Å²) >= 11 is 0. The summed E-state index contributed by atoms with van der Waals surface area (Å²) in [5.74, 6) is -1.74. The first-order chi connectivity index (χ1) is 8.69. The number of carbonyl (C=O) groups is 3. The smallest absolute Gasteiger partial charge is 0.347 e. The van der Waals surface area contributed by atoms with Crippen molar-refractivity contribution >= 4 is 17.8 Å². The monoisotopic (exact) mass is 271 g/mol. The molecule has 1 amide bonds. The number of carbonyl (C=O) groups excluding carboxylic acids is 3. The fourth-order valence-electron chi connectivity index (χ4n) is 1.69. The highest BCUT2D eigenvalue weighted by Gasteiger charge is 2.31. The number of hydrogen-bond acceptors (Lipinski definition) is 5. The number of ether oxygens (including phenoxy) is 2. The van der Waals surface area contributed by atoms with E-state index in [-0.39, 0.29) is 12.3 Å². The summed E-state index contributed by atoms with van der Waals surface area (Å²) in [6.07, 6.45) is -0.317. The molecule has 1 fully saturated rings. The molecule has 0 radical (unpaired) electrons. The Labute approximate surface area is 112 Å². The molecular weight excluding hydrogens is 250 g/mol. The molecule has 1 heterocycles. The van der Waals surface area contributed by atoms with E-state index >= 15 is 0 Å². The van der Waals surface area contributed by atoms with Gasteiger partial charge >= 0.3 is 11.9 Å². The molecule has 0 spiro atoms. The minimum absolute atomic E-state index is 0.111. The second-order valence-corrected chi connectivity index (χ2v) is 5.65. The zero-order valence-corrected chi connectivity index (χ0v) is 11.8. The van der Waals surface area contributed by atoms with Crippen molar-refractivity contribution in [3.05, 3.63) is 0 Å². The Balaban J connectivity index is 2.47. The standard InChI is InChI=1S/C13H21NO5/c1-8(11(16)19-13(2,3)4)18-12(17)9-5-6-14-10(15)7-9/h8-9H,5-7H2,1-4H3,(H,14,15). The summed E-state index contributed by atoms with van der Waals surface area (Å²) in [7, 11) is 0. The van der Waals surface area contributed by atoms with Crippen LogP contribution in [0.3, 0.4) is 0 Å². The highest BCUT2D eigenvalue weighted by molar-refractivity contribution is 5.85. The van der Waals surface area contributed by atoms with Crippen molar-refractivity contribution in [2.75, 3.05) is 6.54 Å². The van der Waals surface area contributed by atoms with Gasteiger partial charge in [-0.1, -0.05) is 0 Å². The average Bonchev–Trinajstić information content (AvgIpc) is 2.26. The van der Waals surface area contributed by atoms with Crippen LogP contribution in [0.5, 0.6) is 0 Å². The fourth-order valence-corrected chi connectivity index (χ4v) is 1.69. The molecule has 6 nitrogen and oxygen atoms in total. The number of nitrogens with one attached hydrogen (secondary N) is 1. The summed E-state index contributed by atoms with van der Waals surface area (Å²) < 4.78 is 10.2. The lowest BCUT2D eigenvalue weighted by molar-refractivity contribution is -0.176. The molecule has 1 aliphatic rings. The van der Waals surface area contributed by atoms with Gasteiger partial charge in [0.1, 0.15) is 5.60 Å². The van der Waals surface area contributed by atoms with E-state index in [1.54, 1.807) is 20.8 Å². The number of esters is 2. The van der Waals surface area contributed by atoms with E-state index in [1.807, 2.05) is 0 Å². The van der Waals surface area contributed by atoms with Crippen LogP contribution in [0.2, 0.25) is 0 Å². The Morgan fingerprint density at radius 1 is 1.37 bits per heavy atom. The molecule has 0 aliphatic carbocycles. The molecule has 2 atom stereocenters. The number of rotatable bonds is 3.